The number of likely N-dealkylation sites (N-methyl/N-ethyl adjacent to an activating group) is 4. The molecule has 4 aromatic rings. The van der Waals surface area contributed by atoms with Crippen LogP contribution in [-0.4, -0.2) is 185 Å². The SMILES string of the molecule is C.CN1CCN(CCc2ccccc2)CC1.CN1CCN(Cc2ccc3c(c2)OCO3)CC1.Cc1cc(C)c(CN2CCN(C)CC2)c(C)c1.Cc1ccccc1CN1CCN(C)CC1. The smallest absolute Gasteiger partial charge is 0.231 e. The van der Waals surface area contributed by atoms with E-state index in [0.29, 0.717) is 6.79 Å². The molecule has 4 saturated heterocycles. The van der Waals surface area contributed by atoms with Crippen LogP contribution in [0.15, 0.2) is 84.9 Å². The van der Waals surface area contributed by atoms with E-state index in [0.717, 1.165) is 57.3 Å². The maximum Gasteiger partial charge on any atom is 0.231 e. The molecule has 0 unspecified atom stereocenters. The van der Waals surface area contributed by atoms with Crippen molar-refractivity contribution in [1.29, 1.82) is 0 Å². The van der Waals surface area contributed by atoms with Crippen LogP contribution in [0.25, 0.3) is 0 Å². The van der Waals surface area contributed by atoms with Gasteiger partial charge in [-0.15, -0.1) is 0 Å². The summed E-state index contributed by atoms with van der Waals surface area (Å²) in [4.78, 5) is 19.7. The normalized spacial score (nSPS) is 19.2. The van der Waals surface area contributed by atoms with Crippen molar-refractivity contribution in [3.05, 3.63) is 129 Å². The molecule has 0 radical (unpaired) electrons. The van der Waals surface area contributed by atoms with Crippen molar-refractivity contribution >= 4 is 0 Å². The van der Waals surface area contributed by atoms with E-state index in [1.54, 1.807) is 0 Å². The molecule has 5 aliphatic heterocycles. The van der Waals surface area contributed by atoms with E-state index in [2.05, 4.69) is 174 Å². The van der Waals surface area contributed by atoms with Gasteiger partial charge in [-0.3, -0.25) is 14.7 Å². The maximum absolute atomic E-state index is 5.40. The van der Waals surface area contributed by atoms with Crippen molar-refractivity contribution < 1.29 is 9.47 Å². The fourth-order valence-electron chi connectivity index (χ4n) is 9.03. The molecule has 10 heteroatoms. The van der Waals surface area contributed by atoms with E-state index >= 15 is 0 Å². The Labute approximate surface area is 395 Å². The third kappa shape index (κ3) is 17.7. The average molecular weight is 891 g/mol. The number of rotatable bonds is 9. The summed E-state index contributed by atoms with van der Waals surface area (Å²) >= 11 is 0. The molecule has 65 heavy (non-hydrogen) atoms. The minimum Gasteiger partial charge on any atom is -0.454 e. The van der Waals surface area contributed by atoms with Gasteiger partial charge >= 0.3 is 0 Å². The zero-order valence-electron chi connectivity index (χ0n) is 41.0. The van der Waals surface area contributed by atoms with Crippen LogP contribution < -0.4 is 9.47 Å². The van der Waals surface area contributed by atoms with Gasteiger partial charge in [0.25, 0.3) is 0 Å². The van der Waals surface area contributed by atoms with Gasteiger partial charge in [-0.2, -0.15) is 0 Å². The second kappa shape index (κ2) is 27.1. The van der Waals surface area contributed by atoms with Gasteiger partial charge in [0, 0.05) is 131 Å². The lowest BCUT2D eigenvalue weighted by atomic mass is 9.99. The van der Waals surface area contributed by atoms with E-state index < -0.39 is 0 Å². The number of nitrogens with zero attached hydrogens (tertiary/aromatic N) is 8. The Morgan fingerprint density at radius 1 is 0.415 bits per heavy atom. The molecule has 0 aliphatic carbocycles. The quantitative estimate of drug-likeness (QED) is 0.170. The summed E-state index contributed by atoms with van der Waals surface area (Å²) in [7, 11) is 8.79. The number of benzene rings is 4. The predicted octanol–water partition coefficient (Wildman–Crippen LogP) is 7.38. The molecule has 0 bridgehead atoms. The van der Waals surface area contributed by atoms with Crippen LogP contribution in [-0.2, 0) is 26.1 Å². The van der Waals surface area contributed by atoms with Gasteiger partial charge in [-0.1, -0.05) is 85.8 Å². The summed E-state index contributed by atoms with van der Waals surface area (Å²) < 4.78 is 10.7. The van der Waals surface area contributed by atoms with Crippen LogP contribution >= 0.6 is 0 Å². The summed E-state index contributed by atoms with van der Waals surface area (Å²) in [5.41, 5.74) is 11.4. The highest BCUT2D eigenvalue weighted by atomic mass is 16.7. The molecule has 0 N–H and O–H groups in total. The Kier molecular flexibility index (Phi) is 21.7. The molecule has 4 fully saturated rings. The van der Waals surface area contributed by atoms with Gasteiger partial charge in [-0.25, -0.2) is 0 Å². The zero-order valence-corrected chi connectivity index (χ0v) is 41.0. The molecule has 0 amide bonds. The van der Waals surface area contributed by atoms with Gasteiger partial charge in [0.05, 0.1) is 0 Å². The average Bonchev–Trinajstić information content (AvgIpc) is 3.77. The van der Waals surface area contributed by atoms with Gasteiger partial charge in [0.2, 0.25) is 6.79 Å². The van der Waals surface area contributed by atoms with Crippen LogP contribution in [0.5, 0.6) is 11.5 Å². The fourth-order valence-corrected chi connectivity index (χ4v) is 9.03. The summed E-state index contributed by atoms with van der Waals surface area (Å²) in [6, 6.07) is 30.3. The van der Waals surface area contributed by atoms with Gasteiger partial charge in [-0.05, 0) is 113 Å². The van der Waals surface area contributed by atoms with Crippen LogP contribution in [0.4, 0.5) is 0 Å². The molecule has 0 spiro atoms. The highest BCUT2D eigenvalue weighted by molar-refractivity contribution is 5.44. The maximum atomic E-state index is 5.40. The molecule has 10 nitrogen and oxygen atoms in total. The second-order valence-electron chi connectivity index (χ2n) is 19.1. The molecule has 4 aromatic carbocycles. The summed E-state index contributed by atoms with van der Waals surface area (Å²) in [5, 5.41) is 0. The van der Waals surface area contributed by atoms with Gasteiger partial charge in [0.15, 0.2) is 11.5 Å². The highest BCUT2D eigenvalue weighted by Gasteiger charge is 2.19. The third-order valence-corrected chi connectivity index (χ3v) is 13.7. The topological polar surface area (TPSA) is 44.4 Å². The van der Waals surface area contributed by atoms with Crippen molar-refractivity contribution in [3.63, 3.8) is 0 Å². The van der Waals surface area contributed by atoms with Crippen molar-refractivity contribution in [3.8, 4) is 11.5 Å². The first-order chi connectivity index (χ1) is 31.0. The largest absolute Gasteiger partial charge is 0.454 e. The Bertz CT molecular complexity index is 1920. The zero-order chi connectivity index (χ0) is 45.3. The lowest BCUT2D eigenvalue weighted by Gasteiger charge is -2.33. The molecule has 0 saturated carbocycles. The van der Waals surface area contributed by atoms with Crippen molar-refractivity contribution in [2.45, 2.75) is 61.2 Å². The van der Waals surface area contributed by atoms with E-state index in [1.165, 1.54) is 136 Å². The number of hydrogen-bond acceptors (Lipinski definition) is 10. The first-order valence-electron chi connectivity index (χ1n) is 24.1. The van der Waals surface area contributed by atoms with Crippen molar-refractivity contribution in [2.24, 2.45) is 0 Å². The lowest BCUT2D eigenvalue weighted by Crippen LogP contribution is -2.45. The Morgan fingerprint density at radius 2 is 0.877 bits per heavy atom. The summed E-state index contributed by atoms with van der Waals surface area (Å²) in [5.74, 6) is 1.75. The lowest BCUT2D eigenvalue weighted by molar-refractivity contribution is 0.148. The number of aryl methyl sites for hydroxylation is 4. The molecule has 358 valence electrons. The number of fused-ring (bicyclic) bond motifs is 1. The molecular weight excluding hydrogens is 805 g/mol. The van der Waals surface area contributed by atoms with Crippen LogP contribution in [0.1, 0.15) is 51.9 Å². The monoisotopic (exact) mass is 891 g/mol. The standard InChI is InChI=1S/C15H24N2.C13H18N2O2.2C13H20N2.CH4/c1-12-9-13(2)15(14(3)10-12)11-17-7-5-16(4)6-8-17;1-14-4-6-15(7-5-14)9-11-2-3-12-13(8-11)17-10-16-12;1-12-5-3-4-6-13(12)11-15-9-7-14(2)8-10-15;1-14-9-11-15(12-10-14)8-7-13-5-3-2-4-6-13;/h9-10H,5-8,11H2,1-4H3;2-3,8H,4-7,9-10H2,1H3;3-6H,7-11H2,1-2H3;2-6H,7-12H2,1H3;1H4. The van der Waals surface area contributed by atoms with Crippen LogP contribution in [0.3, 0.4) is 0 Å². The Hall–Kier alpha value is -3.84. The van der Waals surface area contributed by atoms with Crippen molar-refractivity contribution in [2.75, 3.05) is 146 Å². The number of ether oxygens (including phenoxy) is 2. The van der Waals surface area contributed by atoms with Crippen molar-refractivity contribution in [1.82, 2.24) is 39.2 Å². The van der Waals surface area contributed by atoms with Gasteiger partial charge in [0.1, 0.15) is 0 Å². The predicted molar refractivity (Wildman–Crippen MR) is 274 cm³/mol. The molecule has 0 aromatic heterocycles. The molecule has 9 rings (SSSR count). The number of hydrogen-bond donors (Lipinski definition) is 0. The Morgan fingerprint density at radius 3 is 1.42 bits per heavy atom. The van der Waals surface area contributed by atoms with Crippen LogP contribution in [0, 0.1) is 27.7 Å². The molecule has 0 atom stereocenters. The minimum atomic E-state index is 0. The van der Waals surface area contributed by atoms with E-state index in [-0.39, 0.29) is 7.43 Å². The minimum absolute atomic E-state index is 0. The molecule has 5 heterocycles. The second-order valence-corrected chi connectivity index (χ2v) is 19.1. The first kappa shape index (κ1) is 52.1. The van der Waals surface area contributed by atoms with Gasteiger partial charge < -0.3 is 34.0 Å². The molecule has 5 aliphatic rings. The van der Waals surface area contributed by atoms with E-state index in [1.807, 2.05) is 6.07 Å². The van der Waals surface area contributed by atoms with Crippen LogP contribution in [0.2, 0.25) is 0 Å². The Balaban J connectivity index is 0.000000162. The molecular formula is C55H86N8O2. The van der Waals surface area contributed by atoms with E-state index in [4.69, 9.17) is 9.47 Å². The highest BCUT2D eigenvalue weighted by Crippen LogP contribution is 2.33. The summed E-state index contributed by atoms with van der Waals surface area (Å²) in [6.07, 6.45) is 1.19. The van der Waals surface area contributed by atoms with E-state index in [9.17, 15) is 0 Å². The summed E-state index contributed by atoms with van der Waals surface area (Å²) in [6.45, 7) is 32.7. The third-order valence-electron chi connectivity index (χ3n) is 13.7. The number of piperazine rings is 4. The first-order valence-corrected chi connectivity index (χ1v) is 24.1. The fraction of sp³-hybridized carbons (Fsp3) is 0.564.